The van der Waals surface area contributed by atoms with Gasteiger partial charge in [-0.1, -0.05) is 12.8 Å². The molecule has 0 spiro atoms. The number of terminal acetylenes is 1. The van der Waals surface area contributed by atoms with Gasteiger partial charge < -0.3 is 19.7 Å². The van der Waals surface area contributed by atoms with Crippen molar-refractivity contribution < 1.29 is 19.1 Å². The van der Waals surface area contributed by atoms with Crippen LogP contribution < -0.4 is 5.32 Å². The van der Waals surface area contributed by atoms with Crippen molar-refractivity contribution in [2.45, 2.75) is 38.5 Å². The predicted octanol–water partition coefficient (Wildman–Crippen LogP) is 2.64. The van der Waals surface area contributed by atoms with Crippen LogP contribution >= 0.6 is 11.3 Å². The zero-order valence-corrected chi connectivity index (χ0v) is 16.6. The van der Waals surface area contributed by atoms with Crippen molar-refractivity contribution in [3.8, 4) is 12.3 Å². The first-order chi connectivity index (χ1) is 13.2. The standard InChI is InChI=1S/C19H27N3O4S/c1-3-11-25-13-5-8-20-17(23)16-14-27-18(21-16)15-6-9-22(10-7-15)19(24)26-12-4-2/h2,14-15H,3,5-13H2,1H3,(H,20,23). The lowest BCUT2D eigenvalue weighted by molar-refractivity contribution is 0.0937. The van der Waals surface area contributed by atoms with Gasteiger partial charge in [0.15, 0.2) is 6.61 Å². The van der Waals surface area contributed by atoms with E-state index < -0.39 is 0 Å². The lowest BCUT2D eigenvalue weighted by atomic mass is 9.98. The van der Waals surface area contributed by atoms with Gasteiger partial charge in [-0.15, -0.1) is 17.8 Å². The lowest BCUT2D eigenvalue weighted by Crippen LogP contribution is -2.38. The van der Waals surface area contributed by atoms with Crippen LogP contribution in [0.3, 0.4) is 0 Å². The van der Waals surface area contributed by atoms with Crippen LogP contribution in [-0.2, 0) is 9.47 Å². The Hall–Kier alpha value is -2.11. The average molecular weight is 394 g/mol. The summed E-state index contributed by atoms with van der Waals surface area (Å²) < 4.78 is 10.3. The van der Waals surface area contributed by atoms with Gasteiger partial charge in [0, 0.05) is 44.1 Å². The first-order valence-corrected chi connectivity index (χ1v) is 10.2. The Morgan fingerprint density at radius 3 is 2.89 bits per heavy atom. The average Bonchev–Trinajstić information content (AvgIpc) is 3.19. The normalized spacial score (nSPS) is 14.6. The molecule has 1 aliphatic heterocycles. The van der Waals surface area contributed by atoms with Gasteiger partial charge in [0.25, 0.3) is 5.91 Å². The molecule has 0 bridgehead atoms. The molecule has 0 aliphatic carbocycles. The van der Waals surface area contributed by atoms with Crippen molar-refractivity contribution in [1.82, 2.24) is 15.2 Å². The number of carbonyl (C=O) groups is 2. The fraction of sp³-hybridized carbons (Fsp3) is 0.632. The number of nitrogens with one attached hydrogen (secondary N) is 1. The summed E-state index contributed by atoms with van der Waals surface area (Å²) in [4.78, 5) is 30.1. The number of ether oxygens (including phenoxy) is 2. The molecule has 1 saturated heterocycles. The van der Waals surface area contributed by atoms with Crippen molar-refractivity contribution >= 4 is 23.3 Å². The number of hydrogen-bond acceptors (Lipinski definition) is 6. The quantitative estimate of drug-likeness (QED) is 0.515. The fourth-order valence-electron chi connectivity index (χ4n) is 2.80. The smallest absolute Gasteiger partial charge is 0.410 e. The Balaban J connectivity index is 1.73. The molecular weight excluding hydrogens is 366 g/mol. The lowest BCUT2D eigenvalue weighted by Gasteiger charge is -2.30. The molecule has 0 radical (unpaired) electrons. The molecular formula is C19H27N3O4S. The third-order valence-electron chi connectivity index (χ3n) is 4.24. The van der Waals surface area contributed by atoms with Crippen LogP contribution in [0.25, 0.3) is 0 Å². The van der Waals surface area contributed by atoms with Crippen LogP contribution in [0, 0.1) is 12.3 Å². The van der Waals surface area contributed by atoms with Gasteiger partial charge in [0.1, 0.15) is 5.69 Å². The summed E-state index contributed by atoms with van der Waals surface area (Å²) in [7, 11) is 0. The molecule has 8 heteroatoms. The van der Waals surface area contributed by atoms with E-state index in [0.29, 0.717) is 31.9 Å². The highest BCUT2D eigenvalue weighted by Gasteiger charge is 2.27. The first-order valence-electron chi connectivity index (χ1n) is 9.32. The van der Waals surface area contributed by atoms with Gasteiger partial charge in [0.2, 0.25) is 0 Å². The number of likely N-dealkylation sites (tertiary alicyclic amines) is 1. The number of hydrogen-bond donors (Lipinski definition) is 1. The van der Waals surface area contributed by atoms with E-state index >= 15 is 0 Å². The molecule has 2 amide bonds. The van der Waals surface area contributed by atoms with Crippen molar-refractivity contribution in [3.05, 3.63) is 16.1 Å². The summed E-state index contributed by atoms with van der Waals surface area (Å²) in [5, 5.41) is 5.62. The van der Waals surface area contributed by atoms with E-state index in [1.165, 1.54) is 11.3 Å². The minimum absolute atomic E-state index is 0.00551. The summed E-state index contributed by atoms with van der Waals surface area (Å²) in [5.41, 5.74) is 0.459. The Labute approximate surface area is 164 Å². The number of nitrogens with zero attached hydrogens (tertiary/aromatic N) is 2. The molecule has 148 valence electrons. The maximum absolute atomic E-state index is 12.2. The van der Waals surface area contributed by atoms with E-state index in [1.54, 1.807) is 10.3 Å². The Morgan fingerprint density at radius 2 is 2.19 bits per heavy atom. The third-order valence-corrected chi connectivity index (χ3v) is 5.24. The van der Waals surface area contributed by atoms with Gasteiger partial charge in [0.05, 0.1) is 5.01 Å². The highest BCUT2D eigenvalue weighted by atomic mass is 32.1. The monoisotopic (exact) mass is 393 g/mol. The van der Waals surface area contributed by atoms with E-state index in [2.05, 4.69) is 23.1 Å². The minimum Gasteiger partial charge on any atom is -0.436 e. The van der Waals surface area contributed by atoms with Gasteiger partial charge in [-0.3, -0.25) is 4.79 Å². The molecule has 2 rings (SSSR count). The van der Waals surface area contributed by atoms with Gasteiger partial charge >= 0.3 is 6.09 Å². The van der Waals surface area contributed by atoms with Crippen LogP contribution in [0.15, 0.2) is 5.38 Å². The molecule has 1 aromatic rings. The molecule has 0 saturated carbocycles. The number of carbonyl (C=O) groups excluding carboxylic acids is 2. The van der Waals surface area contributed by atoms with Crippen molar-refractivity contribution in [3.63, 3.8) is 0 Å². The van der Waals surface area contributed by atoms with Gasteiger partial charge in [-0.05, 0) is 25.7 Å². The van der Waals surface area contributed by atoms with Gasteiger partial charge in [-0.25, -0.2) is 9.78 Å². The van der Waals surface area contributed by atoms with E-state index in [4.69, 9.17) is 15.9 Å². The number of amides is 2. The maximum Gasteiger partial charge on any atom is 0.410 e. The highest BCUT2D eigenvalue weighted by Crippen LogP contribution is 2.30. The summed E-state index contributed by atoms with van der Waals surface area (Å²) >= 11 is 1.50. The molecule has 27 heavy (non-hydrogen) atoms. The number of aromatic nitrogens is 1. The molecule has 1 aliphatic rings. The van der Waals surface area contributed by atoms with Crippen LogP contribution in [0.1, 0.15) is 54.0 Å². The van der Waals surface area contributed by atoms with Crippen LogP contribution in [0.4, 0.5) is 4.79 Å². The van der Waals surface area contributed by atoms with E-state index in [1.807, 2.05) is 0 Å². The Morgan fingerprint density at radius 1 is 1.41 bits per heavy atom. The summed E-state index contributed by atoms with van der Waals surface area (Å²) in [5.74, 6) is 2.40. The topological polar surface area (TPSA) is 80.8 Å². The van der Waals surface area contributed by atoms with E-state index in [0.717, 1.165) is 37.3 Å². The van der Waals surface area contributed by atoms with Crippen molar-refractivity contribution in [2.75, 3.05) is 39.5 Å². The largest absolute Gasteiger partial charge is 0.436 e. The summed E-state index contributed by atoms with van der Waals surface area (Å²) in [6.45, 7) is 5.25. The maximum atomic E-state index is 12.2. The molecule has 2 heterocycles. The highest BCUT2D eigenvalue weighted by molar-refractivity contribution is 7.09. The number of thiazole rings is 1. The summed E-state index contributed by atoms with van der Waals surface area (Å²) in [6, 6.07) is 0. The van der Waals surface area contributed by atoms with E-state index in [9.17, 15) is 9.59 Å². The second-order valence-electron chi connectivity index (χ2n) is 6.31. The molecule has 1 fully saturated rings. The molecule has 1 N–H and O–H groups in total. The second-order valence-corrected chi connectivity index (χ2v) is 7.20. The first kappa shape index (κ1) is 21.2. The molecule has 0 aromatic carbocycles. The summed E-state index contributed by atoms with van der Waals surface area (Å²) in [6.07, 6.45) is 8.12. The molecule has 0 unspecified atom stereocenters. The van der Waals surface area contributed by atoms with Crippen LogP contribution in [0.2, 0.25) is 0 Å². The Bertz CT molecular complexity index is 648. The fourth-order valence-corrected chi connectivity index (χ4v) is 3.77. The predicted molar refractivity (Wildman–Crippen MR) is 104 cm³/mol. The zero-order valence-electron chi connectivity index (χ0n) is 15.7. The molecule has 1 aromatic heterocycles. The van der Waals surface area contributed by atoms with E-state index in [-0.39, 0.29) is 24.5 Å². The second kappa shape index (κ2) is 11.6. The van der Waals surface area contributed by atoms with Crippen molar-refractivity contribution in [1.29, 1.82) is 0 Å². The SMILES string of the molecule is C#CCOC(=O)N1CCC(c2nc(C(=O)NCCCOCCC)cs2)CC1. The third kappa shape index (κ3) is 6.85. The van der Waals surface area contributed by atoms with Crippen LogP contribution in [-0.4, -0.2) is 61.3 Å². The molecule has 0 atom stereocenters. The Kier molecular flexibility index (Phi) is 9.08. The number of piperidine rings is 1. The van der Waals surface area contributed by atoms with Crippen molar-refractivity contribution in [2.24, 2.45) is 0 Å². The van der Waals surface area contributed by atoms with Crippen LogP contribution in [0.5, 0.6) is 0 Å². The molecule has 7 nitrogen and oxygen atoms in total. The minimum atomic E-state index is -0.367. The zero-order chi connectivity index (χ0) is 19.5. The number of rotatable bonds is 9. The van der Waals surface area contributed by atoms with Gasteiger partial charge in [-0.2, -0.15) is 0 Å².